The van der Waals surface area contributed by atoms with Crippen molar-refractivity contribution in [2.24, 2.45) is 5.92 Å². The zero-order valence-corrected chi connectivity index (χ0v) is 21.7. The minimum Gasteiger partial charge on any atom is -0.481 e. The van der Waals surface area contributed by atoms with E-state index in [4.69, 9.17) is 16.3 Å². The summed E-state index contributed by atoms with van der Waals surface area (Å²) in [6, 6.07) is 17.4. The van der Waals surface area contributed by atoms with Crippen LogP contribution >= 0.6 is 11.6 Å². The molecule has 8 nitrogen and oxygen atoms in total. The highest BCUT2D eigenvalue weighted by Gasteiger charge is 2.27. The number of aromatic amines is 1. The predicted molar refractivity (Wildman–Crippen MR) is 142 cm³/mol. The van der Waals surface area contributed by atoms with E-state index in [2.05, 4.69) is 15.0 Å². The number of H-pyrrole nitrogens is 1. The number of ether oxygens (including phenoxy) is 1. The van der Waals surface area contributed by atoms with Crippen molar-refractivity contribution in [1.82, 2.24) is 15.0 Å². The first-order valence-corrected chi connectivity index (χ1v) is 14.4. The quantitative estimate of drug-likeness (QED) is 0.317. The number of aliphatic carboxylic acids is 1. The first kappa shape index (κ1) is 25.2. The third-order valence-corrected chi connectivity index (χ3v) is 7.73. The summed E-state index contributed by atoms with van der Waals surface area (Å²) >= 11 is 6.56. The Balaban J connectivity index is 1.31. The maximum atomic E-state index is 11.5. The molecule has 0 radical (unpaired) electrons. The normalized spacial score (nSPS) is 18.1. The zero-order valence-electron chi connectivity index (χ0n) is 20.1. The van der Waals surface area contributed by atoms with Gasteiger partial charge in [-0.2, -0.15) is 4.98 Å². The third kappa shape index (κ3) is 5.94. The summed E-state index contributed by atoms with van der Waals surface area (Å²) in [4.78, 5) is 23.4. The molecule has 192 valence electrons. The Morgan fingerprint density at radius 1 is 1.00 bits per heavy atom. The number of hydrogen-bond donors (Lipinski definition) is 2. The number of carbonyl (C=O) groups is 1. The largest absolute Gasteiger partial charge is 0.481 e. The van der Waals surface area contributed by atoms with Gasteiger partial charge in [-0.1, -0.05) is 60.1 Å². The van der Waals surface area contributed by atoms with Gasteiger partial charge < -0.3 is 14.8 Å². The maximum Gasteiger partial charge on any atom is 0.306 e. The van der Waals surface area contributed by atoms with Gasteiger partial charge in [0.2, 0.25) is 0 Å². The van der Waals surface area contributed by atoms with Gasteiger partial charge in [0.15, 0.2) is 15.5 Å². The van der Waals surface area contributed by atoms with Crippen LogP contribution in [0.25, 0.3) is 33.5 Å². The van der Waals surface area contributed by atoms with Gasteiger partial charge in [-0.25, -0.2) is 13.4 Å². The molecule has 0 unspecified atom stereocenters. The minimum absolute atomic E-state index is 0.0185. The molecule has 1 aliphatic carbocycles. The molecule has 0 spiro atoms. The monoisotopic (exact) mass is 539 g/mol. The van der Waals surface area contributed by atoms with Crippen LogP contribution in [0.1, 0.15) is 31.2 Å². The molecule has 37 heavy (non-hydrogen) atoms. The Kier molecular flexibility index (Phi) is 6.92. The number of fused-ring (bicyclic) bond motifs is 1. The highest BCUT2D eigenvalue weighted by molar-refractivity contribution is 7.89. The molecule has 0 aliphatic heterocycles. The number of nitrogens with one attached hydrogen (secondary N) is 1. The van der Waals surface area contributed by atoms with Crippen molar-refractivity contribution in [1.29, 1.82) is 0 Å². The number of carboxylic acid groups (broad SMARTS) is 1. The summed E-state index contributed by atoms with van der Waals surface area (Å²) in [6.07, 6.45) is 3.66. The van der Waals surface area contributed by atoms with E-state index in [9.17, 15) is 18.3 Å². The van der Waals surface area contributed by atoms with Crippen molar-refractivity contribution in [2.45, 2.75) is 37.5 Å². The molecule has 0 saturated heterocycles. The zero-order chi connectivity index (χ0) is 26.2. The number of benzene rings is 2. The van der Waals surface area contributed by atoms with Crippen LogP contribution in [-0.2, 0) is 20.4 Å². The fraction of sp³-hybridized carbons (Fsp3) is 0.296. The Bertz CT molecular complexity index is 1540. The van der Waals surface area contributed by atoms with Gasteiger partial charge >= 0.3 is 5.97 Å². The Labute approximate surface area is 219 Å². The Morgan fingerprint density at radius 3 is 2.19 bits per heavy atom. The van der Waals surface area contributed by atoms with Gasteiger partial charge in [0, 0.05) is 11.8 Å². The van der Waals surface area contributed by atoms with Crippen molar-refractivity contribution < 1.29 is 23.1 Å². The lowest BCUT2D eigenvalue weighted by Crippen LogP contribution is -2.28. The van der Waals surface area contributed by atoms with Gasteiger partial charge in [-0.05, 0) is 48.4 Å². The maximum absolute atomic E-state index is 11.5. The van der Waals surface area contributed by atoms with E-state index < -0.39 is 15.8 Å². The van der Waals surface area contributed by atoms with Gasteiger partial charge in [0.1, 0.15) is 6.10 Å². The molecule has 1 fully saturated rings. The molecule has 2 aromatic heterocycles. The molecule has 4 aromatic rings. The van der Waals surface area contributed by atoms with Crippen molar-refractivity contribution >= 4 is 38.6 Å². The van der Waals surface area contributed by atoms with Gasteiger partial charge in [-0.15, -0.1) is 0 Å². The second kappa shape index (κ2) is 10.1. The molecule has 2 heterocycles. The van der Waals surface area contributed by atoms with Crippen LogP contribution in [0, 0.1) is 5.92 Å². The van der Waals surface area contributed by atoms with E-state index in [-0.39, 0.29) is 17.8 Å². The SMILES string of the molecule is CS(=O)(=O)Cc1ccc(-c2ccc(-c3nc4nc(OC5CCC(C(=O)O)CC5)[nH]c4cc3Cl)cc2)cc1. The van der Waals surface area contributed by atoms with Crippen molar-refractivity contribution in [3.8, 4) is 28.4 Å². The number of sulfone groups is 1. The van der Waals surface area contributed by atoms with Crippen LogP contribution in [0.15, 0.2) is 54.6 Å². The predicted octanol–water partition coefficient (Wildman–Crippen LogP) is 5.51. The fourth-order valence-corrected chi connectivity index (χ4v) is 5.71. The summed E-state index contributed by atoms with van der Waals surface area (Å²) in [5, 5.41) is 9.65. The number of hydrogen-bond acceptors (Lipinski definition) is 6. The van der Waals surface area contributed by atoms with E-state index in [0.29, 0.717) is 53.6 Å². The summed E-state index contributed by atoms with van der Waals surface area (Å²) in [7, 11) is -3.08. The number of aromatic nitrogens is 3. The number of halogens is 1. The van der Waals surface area contributed by atoms with Gasteiger partial charge in [-0.3, -0.25) is 4.79 Å². The van der Waals surface area contributed by atoms with E-state index in [1.807, 2.05) is 48.5 Å². The molecule has 1 aliphatic rings. The lowest BCUT2D eigenvalue weighted by molar-refractivity contribution is -0.143. The minimum atomic E-state index is -3.08. The lowest BCUT2D eigenvalue weighted by atomic mass is 9.87. The molecule has 0 atom stereocenters. The van der Waals surface area contributed by atoms with Crippen LogP contribution in [0.4, 0.5) is 0 Å². The average molecular weight is 540 g/mol. The molecule has 0 bridgehead atoms. The van der Waals surface area contributed by atoms with Gasteiger partial charge in [0.05, 0.1) is 27.9 Å². The topological polar surface area (TPSA) is 122 Å². The first-order valence-electron chi connectivity index (χ1n) is 12.0. The molecule has 10 heteroatoms. The number of rotatable bonds is 7. The van der Waals surface area contributed by atoms with Crippen molar-refractivity contribution in [3.63, 3.8) is 0 Å². The van der Waals surface area contributed by atoms with Crippen LogP contribution in [0.2, 0.25) is 5.02 Å². The number of carboxylic acids is 1. The van der Waals surface area contributed by atoms with E-state index in [1.165, 1.54) is 6.26 Å². The van der Waals surface area contributed by atoms with Gasteiger partial charge in [0.25, 0.3) is 6.01 Å². The number of pyridine rings is 1. The summed E-state index contributed by atoms with van der Waals surface area (Å²) in [5.74, 6) is -1.03. The Hall–Kier alpha value is -3.43. The summed E-state index contributed by atoms with van der Waals surface area (Å²) in [5.41, 5.74) is 5.30. The smallest absolute Gasteiger partial charge is 0.306 e. The summed E-state index contributed by atoms with van der Waals surface area (Å²) < 4.78 is 29.0. The first-order chi connectivity index (χ1) is 17.6. The highest BCUT2D eigenvalue weighted by Crippen LogP contribution is 2.32. The van der Waals surface area contributed by atoms with Crippen LogP contribution < -0.4 is 4.74 Å². The number of imidazole rings is 1. The Morgan fingerprint density at radius 2 is 1.59 bits per heavy atom. The van der Waals surface area contributed by atoms with Crippen molar-refractivity contribution in [2.75, 3.05) is 6.26 Å². The van der Waals surface area contributed by atoms with Crippen molar-refractivity contribution in [3.05, 3.63) is 65.2 Å². The summed E-state index contributed by atoms with van der Waals surface area (Å²) in [6.45, 7) is 0. The molecule has 5 rings (SSSR count). The van der Waals surface area contributed by atoms with Crippen LogP contribution in [0.5, 0.6) is 6.01 Å². The molecule has 2 N–H and O–H groups in total. The van der Waals surface area contributed by atoms with E-state index >= 15 is 0 Å². The second-order valence-corrected chi connectivity index (χ2v) is 12.1. The third-order valence-electron chi connectivity index (χ3n) is 6.58. The van der Waals surface area contributed by atoms with E-state index in [0.717, 1.165) is 22.3 Å². The molecule has 1 saturated carbocycles. The van der Waals surface area contributed by atoms with E-state index in [1.54, 1.807) is 6.07 Å². The molecular formula is C27H26ClN3O5S. The van der Waals surface area contributed by atoms with Crippen LogP contribution in [0.3, 0.4) is 0 Å². The average Bonchev–Trinajstić information content (AvgIpc) is 3.24. The standard InChI is InChI=1S/C27H26ClN3O5S/c1-37(34,35)15-16-2-4-17(5-3-16)18-6-8-19(9-7-18)24-22(28)14-23-25(30-24)31-27(29-23)36-21-12-10-20(11-13-21)26(32)33/h2-9,14,20-21H,10-13,15H2,1H3,(H,32,33)(H,29,30,31). The molecular weight excluding hydrogens is 514 g/mol. The number of nitrogens with zero attached hydrogens (tertiary/aromatic N) is 2. The second-order valence-electron chi connectivity index (χ2n) is 9.51. The molecule has 0 amide bonds. The lowest BCUT2D eigenvalue weighted by Gasteiger charge is -2.25. The highest BCUT2D eigenvalue weighted by atomic mass is 35.5. The van der Waals surface area contributed by atoms with Crippen LogP contribution in [-0.4, -0.2) is 46.8 Å². The fourth-order valence-electron chi connectivity index (χ4n) is 4.66. The molecule has 2 aromatic carbocycles.